The van der Waals surface area contributed by atoms with Gasteiger partial charge in [-0.1, -0.05) is 0 Å². The number of rotatable bonds is 1. The van der Waals surface area contributed by atoms with Crippen molar-refractivity contribution in [3.63, 3.8) is 0 Å². The Balaban J connectivity index is 2.81. The molecule has 2 aromatic rings. The maximum Gasteiger partial charge on any atom is 0.250 e. The van der Waals surface area contributed by atoms with Crippen molar-refractivity contribution in [2.24, 2.45) is 7.05 Å². The number of aromatic hydroxyl groups is 2. The third kappa shape index (κ3) is 1.72. The summed E-state index contributed by atoms with van der Waals surface area (Å²) in [6.45, 7) is 0. The van der Waals surface area contributed by atoms with Gasteiger partial charge in [0.05, 0.1) is 5.39 Å². The molecule has 0 spiro atoms. The van der Waals surface area contributed by atoms with Gasteiger partial charge in [-0.15, -0.1) is 11.7 Å². The highest BCUT2D eigenvalue weighted by atomic mass is 33.1. The van der Waals surface area contributed by atoms with Crippen molar-refractivity contribution < 1.29 is 14.8 Å². The smallest absolute Gasteiger partial charge is 0.250 e. The molecule has 2 rings (SSSR count). The zero-order valence-electron chi connectivity index (χ0n) is 8.01. The summed E-state index contributed by atoms with van der Waals surface area (Å²) >= 11 is 4.14. The first kappa shape index (κ1) is 10.4. The number of thiol groups is 1. The molecule has 1 aromatic heterocycles. The van der Waals surface area contributed by atoms with E-state index < -0.39 is 0 Å². The Morgan fingerprint density at radius 2 is 2.07 bits per heavy atom. The summed E-state index contributed by atoms with van der Waals surface area (Å²) in [6, 6.07) is 5.15. The van der Waals surface area contributed by atoms with Crippen LogP contribution in [0.3, 0.4) is 0 Å². The first-order valence-corrected chi connectivity index (χ1v) is 6.16. The van der Waals surface area contributed by atoms with E-state index in [2.05, 4.69) is 11.7 Å². The second kappa shape index (κ2) is 3.83. The Morgan fingerprint density at radius 1 is 1.33 bits per heavy atom. The highest BCUT2D eigenvalue weighted by molar-refractivity contribution is 8.68. The number of pyridine rings is 1. The number of phenols is 2. The molecule has 3 nitrogen and oxygen atoms in total. The predicted molar refractivity (Wildman–Crippen MR) is 63.3 cm³/mol. The van der Waals surface area contributed by atoms with Gasteiger partial charge in [0.2, 0.25) is 0 Å². The number of benzene rings is 1. The molecule has 0 radical (unpaired) electrons. The fourth-order valence-electron chi connectivity index (χ4n) is 1.46. The van der Waals surface area contributed by atoms with Crippen LogP contribution in [0.25, 0.3) is 10.8 Å². The van der Waals surface area contributed by atoms with E-state index in [1.807, 2.05) is 17.7 Å². The van der Waals surface area contributed by atoms with Crippen molar-refractivity contribution in [3.05, 3.63) is 24.4 Å². The van der Waals surface area contributed by atoms with Gasteiger partial charge in [-0.05, 0) is 17.5 Å². The van der Waals surface area contributed by atoms with E-state index in [1.165, 1.54) is 16.9 Å². The largest absolute Gasteiger partial charge is 0.504 e. The summed E-state index contributed by atoms with van der Waals surface area (Å²) in [6.07, 6.45) is 1.77. The minimum atomic E-state index is -0.103. The minimum Gasteiger partial charge on any atom is -0.504 e. The third-order valence-corrected chi connectivity index (χ3v) is 3.43. The van der Waals surface area contributed by atoms with E-state index in [0.717, 1.165) is 10.4 Å². The summed E-state index contributed by atoms with van der Waals surface area (Å²) in [5.74, 6) is -0.187. The van der Waals surface area contributed by atoms with Crippen molar-refractivity contribution >= 4 is 33.2 Å². The molecule has 0 amide bonds. The highest BCUT2D eigenvalue weighted by Crippen LogP contribution is 2.33. The zero-order chi connectivity index (χ0) is 11.0. The molecule has 0 bridgehead atoms. The lowest BCUT2D eigenvalue weighted by Crippen LogP contribution is -2.29. The molecule has 2 N–H and O–H groups in total. The zero-order valence-corrected chi connectivity index (χ0v) is 9.72. The molecular formula is C10H10NO2S2+. The van der Waals surface area contributed by atoms with E-state index in [1.54, 1.807) is 12.3 Å². The maximum atomic E-state index is 9.66. The summed E-state index contributed by atoms with van der Waals surface area (Å²) in [7, 11) is 3.20. The van der Waals surface area contributed by atoms with Gasteiger partial charge in [0.1, 0.15) is 7.05 Å². The van der Waals surface area contributed by atoms with E-state index in [-0.39, 0.29) is 11.5 Å². The van der Waals surface area contributed by atoms with Crippen molar-refractivity contribution in [3.8, 4) is 11.5 Å². The molecule has 0 saturated heterocycles. The lowest BCUT2D eigenvalue weighted by molar-refractivity contribution is -0.707. The molecule has 78 valence electrons. The summed E-state index contributed by atoms with van der Waals surface area (Å²) < 4.78 is 1.85. The van der Waals surface area contributed by atoms with Crippen LogP contribution in [-0.4, -0.2) is 10.2 Å². The van der Waals surface area contributed by atoms with Crippen LogP contribution in [0.5, 0.6) is 11.5 Å². The van der Waals surface area contributed by atoms with Gasteiger partial charge >= 0.3 is 0 Å². The Hall–Kier alpha value is -1.07. The van der Waals surface area contributed by atoms with Gasteiger partial charge in [0.25, 0.3) is 5.03 Å². The second-order valence-corrected chi connectivity index (χ2v) is 4.40. The lowest BCUT2D eigenvalue weighted by Gasteiger charge is -2.03. The molecule has 1 heterocycles. The predicted octanol–water partition coefficient (Wildman–Crippen LogP) is 2.01. The molecule has 15 heavy (non-hydrogen) atoms. The Morgan fingerprint density at radius 3 is 2.73 bits per heavy atom. The average Bonchev–Trinajstić information content (AvgIpc) is 2.24. The van der Waals surface area contributed by atoms with Crippen LogP contribution in [-0.2, 0) is 7.05 Å². The van der Waals surface area contributed by atoms with Crippen molar-refractivity contribution in [1.82, 2.24) is 0 Å². The van der Waals surface area contributed by atoms with Gasteiger partial charge < -0.3 is 10.2 Å². The van der Waals surface area contributed by atoms with Crippen molar-refractivity contribution in [2.75, 3.05) is 0 Å². The minimum absolute atomic E-state index is 0.0844. The van der Waals surface area contributed by atoms with Crippen LogP contribution in [0, 0.1) is 0 Å². The molecule has 0 aliphatic rings. The van der Waals surface area contributed by atoms with E-state index in [9.17, 15) is 10.2 Å². The van der Waals surface area contributed by atoms with Crippen LogP contribution in [0.15, 0.2) is 29.4 Å². The molecule has 0 aliphatic heterocycles. The van der Waals surface area contributed by atoms with E-state index in [0.29, 0.717) is 5.39 Å². The third-order valence-electron chi connectivity index (χ3n) is 2.27. The summed E-state index contributed by atoms with van der Waals surface area (Å²) in [5.41, 5.74) is 0. The average molecular weight is 240 g/mol. The number of phenolic OH excluding ortho intramolecular Hbond substituents is 2. The molecular weight excluding hydrogens is 230 g/mol. The van der Waals surface area contributed by atoms with Gasteiger partial charge in [-0.2, -0.15) is 4.57 Å². The summed E-state index contributed by atoms with van der Waals surface area (Å²) in [5, 5.41) is 21.5. The van der Waals surface area contributed by atoms with Gasteiger partial charge in [-0.3, -0.25) is 0 Å². The molecule has 1 aromatic carbocycles. The number of hydrogen-bond donors (Lipinski definition) is 3. The first-order chi connectivity index (χ1) is 7.13. The lowest BCUT2D eigenvalue weighted by atomic mass is 10.1. The topological polar surface area (TPSA) is 44.3 Å². The van der Waals surface area contributed by atoms with Gasteiger partial charge in [-0.25, -0.2) is 0 Å². The monoisotopic (exact) mass is 240 g/mol. The van der Waals surface area contributed by atoms with E-state index in [4.69, 9.17) is 0 Å². The van der Waals surface area contributed by atoms with Gasteiger partial charge in [0.15, 0.2) is 17.7 Å². The fraction of sp³-hybridized carbons (Fsp3) is 0.100. The number of aryl methyl sites for hydroxylation is 1. The fourth-order valence-corrected chi connectivity index (χ4v) is 2.36. The number of nitrogens with zero attached hydrogens (tertiary/aromatic N) is 1. The molecule has 0 saturated carbocycles. The normalized spacial score (nSPS) is 10.8. The summed E-state index contributed by atoms with van der Waals surface area (Å²) in [4.78, 5) is 0. The second-order valence-electron chi connectivity index (χ2n) is 3.25. The van der Waals surface area contributed by atoms with Crippen LogP contribution < -0.4 is 4.57 Å². The number of fused-ring (bicyclic) bond motifs is 1. The van der Waals surface area contributed by atoms with Crippen LogP contribution in [0.1, 0.15) is 0 Å². The first-order valence-electron chi connectivity index (χ1n) is 4.29. The van der Waals surface area contributed by atoms with Gasteiger partial charge in [0, 0.05) is 16.9 Å². The standard InChI is InChI=1S/C10H9NO2S2/c1-11-5-7-6(4-9(11)15-14)2-3-8(12)10(7)13/h2-5,12,14H,1H3/p+1. The number of aromatic nitrogens is 1. The van der Waals surface area contributed by atoms with Crippen molar-refractivity contribution in [2.45, 2.75) is 5.03 Å². The maximum absolute atomic E-state index is 9.66. The Labute approximate surface area is 96.2 Å². The van der Waals surface area contributed by atoms with Crippen LogP contribution in [0.2, 0.25) is 0 Å². The molecule has 0 atom stereocenters. The van der Waals surface area contributed by atoms with Crippen LogP contribution in [0.4, 0.5) is 0 Å². The Kier molecular flexibility index (Phi) is 2.67. The molecule has 0 aliphatic carbocycles. The quantitative estimate of drug-likeness (QED) is 0.309. The molecule has 5 heteroatoms. The Bertz CT molecular complexity index is 528. The SMILES string of the molecule is C[n+]1cc2c(O)c(O)ccc2cc1SS. The van der Waals surface area contributed by atoms with E-state index >= 15 is 0 Å². The van der Waals surface area contributed by atoms with Crippen molar-refractivity contribution in [1.29, 1.82) is 0 Å². The van der Waals surface area contributed by atoms with Crippen LogP contribution >= 0.6 is 22.5 Å². The molecule has 0 unspecified atom stereocenters. The molecule has 0 fully saturated rings. The highest BCUT2D eigenvalue weighted by Gasteiger charge is 2.13. The number of hydrogen-bond acceptors (Lipinski definition) is 4.